The SMILES string of the molecule is COc1cc2nc(C(=O)CP(=O)(O)O)ccc2c(F)c1OCCCOc1c(OC)cc2sc(C(=O)CC(C)(C)C(=O)O)cc2c1F. The normalized spacial score (nSPS) is 11.9. The molecule has 0 aliphatic heterocycles. The molecule has 2 aromatic heterocycles. The zero-order valence-corrected chi connectivity index (χ0v) is 26.8. The van der Waals surface area contributed by atoms with Crippen LogP contribution < -0.4 is 18.9 Å². The number of aromatic nitrogens is 1. The van der Waals surface area contributed by atoms with Gasteiger partial charge in [-0.3, -0.25) is 18.9 Å². The van der Waals surface area contributed by atoms with Crippen molar-refractivity contribution in [3.05, 3.63) is 52.5 Å². The molecule has 0 saturated heterocycles. The van der Waals surface area contributed by atoms with Gasteiger partial charge in [0.1, 0.15) is 11.9 Å². The third-order valence-corrected chi connectivity index (χ3v) is 8.67. The molecule has 0 saturated carbocycles. The summed E-state index contributed by atoms with van der Waals surface area (Å²) < 4.78 is 64.3. The Kier molecular flexibility index (Phi) is 10.3. The van der Waals surface area contributed by atoms with Crippen molar-refractivity contribution in [3.63, 3.8) is 0 Å². The number of aliphatic carboxylic acids is 1. The van der Waals surface area contributed by atoms with Crippen LogP contribution in [0.15, 0.2) is 30.3 Å². The van der Waals surface area contributed by atoms with E-state index in [1.807, 2.05) is 0 Å². The van der Waals surface area contributed by atoms with Crippen molar-refractivity contribution >= 4 is 57.5 Å². The number of halogens is 2. The predicted molar refractivity (Wildman–Crippen MR) is 164 cm³/mol. The average molecular weight is 682 g/mol. The van der Waals surface area contributed by atoms with Crippen molar-refractivity contribution in [1.29, 1.82) is 0 Å². The van der Waals surface area contributed by atoms with Gasteiger partial charge in [-0.15, -0.1) is 11.3 Å². The van der Waals surface area contributed by atoms with Gasteiger partial charge in [0.15, 0.2) is 46.2 Å². The molecule has 0 aliphatic rings. The van der Waals surface area contributed by atoms with Crippen LogP contribution in [0.4, 0.5) is 8.78 Å². The Morgan fingerprint density at radius 3 is 2.07 bits per heavy atom. The molecule has 0 amide bonds. The van der Waals surface area contributed by atoms with Crippen molar-refractivity contribution in [3.8, 4) is 23.0 Å². The molecule has 3 N–H and O–H groups in total. The van der Waals surface area contributed by atoms with Crippen LogP contribution in [0.25, 0.3) is 21.0 Å². The van der Waals surface area contributed by atoms with Crippen molar-refractivity contribution in [2.75, 3.05) is 33.6 Å². The predicted octanol–water partition coefficient (Wildman–Crippen LogP) is 5.64. The van der Waals surface area contributed by atoms with Gasteiger partial charge >= 0.3 is 13.6 Å². The number of benzene rings is 2. The largest absolute Gasteiger partial charge is 0.493 e. The van der Waals surface area contributed by atoms with Crippen LogP contribution in [-0.4, -0.2) is 71.0 Å². The summed E-state index contributed by atoms with van der Waals surface area (Å²) in [6.45, 7) is 2.70. The summed E-state index contributed by atoms with van der Waals surface area (Å²) in [5, 5.41) is 9.42. The Bertz CT molecular complexity index is 1890. The maximum absolute atomic E-state index is 15.5. The molecule has 0 radical (unpaired) electrons. The third kappa shape index (κ3) is 7.61. The summed E-state index contributed by atoms with van der Waals surface area (Å²) in [6, 6.07) is 6.57. The van der Waals surface area contributed by atoms with Crippen LogP contribution in [0.1, 0.15) is 46.8 Å². The van der Waals surface area contributed by atoms with E-state index < -0.39 is 48.3 Å². The van der Waals surface area contributed by atoms with Crippen molar-refractivity contribution in [2.45, 2.75) is 26.7 Å². The lowest BCUT2D eigenvalue weighted by Gasteiger charge is -2.16. The molecule has 0 fully saturated rings. The van der Waals surface area contributed by atoms with Crippen molar-refractivity contribution in [2.24, 2.45) is 5.41 Å². The van der Waals surface area contributed by atoms with E-state index in [0.29, 0.717) is 4.70 Å². The highest BCUT2D eigenvalue weighted by molar-refractivity contribution is 7.52. The fraction of sp³-hybridized carbons (Fsp3) is 0.333. The van der Waals surface area contributed by atoms with E-state index in [4.69, 9.17) is 28.7 Å². The van der Waals surface area contributed by atoms with Gasteiger partial charge in [0, 0.05) is 40.4 Å². The Morgan fingerprint density at radius 1 is 0.913 bits per heavy atom. The number of fused-ring (bicyclic) bond motifs is 2. The van der Waals surface area contributed by atoms with Gasteiger partial charge in [0.2, 0.25) is 0 Å². The lowest BCUT2D eigenvalue weighted by atomic mass is 9.87. The minimum Gasteiger partial charge on any atom is -0.493 e. The highest BCUT2D eigenvalue weighted by atomic mass is 32.1. The standard InChI is InChI=1S/C30H30F2NO11PS/c1-30(2,29(36)37)13-19(34)24-10-16-23(46-24)12-22(42-4)28(26(16)32)44-9-5-8-43-27-21(41-3)11-18-15(25(27)31)6-7-17(33-18)20(35)14-45(38,39)40/h6-7,10-12H,5,8-9,13-14H2,1-4H3,(H,36,37)(H2,38,39,40). The summed E-state index contributed by atoms with van der Waals surface area (Å²) >= 11 is 1.01. The Labute approximate surface area is 265 Å². The molecular weight excluding hydrogens is 651 g/mol. The molecule has 4 aromatic rings. The van der Waals surface area contributed by atoms with Crippen LogP contribution >= 0.6 is 18.9 Å². The van der Waals surface area contributed by atoms with E-state index in [0.717, 1.165) is 17.4 Å². The lowest BCUT2D eigenvalue weighted by Crippen LogP contribution is -2.26. The van der Waals surface area contributed by atoms with Gasteiger partial charge in [-0.25, -0.2) is 13.8 Å². The Balaban J connectivity index is 1.46. The van der Waals surface area contributed by atoms with Crippen LogP contribution in [0, 0.1) is 17.0 Å². The molecule has 4 rings (SSSR count). The number of methoxy groups -OCH3 is 2. The first-order valence-corrected chi connectivity index (χ1v) is 16.2. The number of ether oxygens (including phenoxy) is 4. The monoisotopic (exact) mass is 681 g/mol. The quantitative estimate of drug-likeness (QED) is 0.0801. The molecule has 0 aliphatic carbocycles. The molecular formula is C30H30F2NO11PS. The molecule has 246 valence electrons. The topological polar surface area (TPSA) is 179 Å². The number of hydrogen-bond acceptors (Lipinski definition) is 10. The van der Waals surface area contributed by atoms with E-state index in [1.165, 1.54) is 52.3 Å². The maximum Gasteiger partial charge on any atom is 0.333 e. The molecule has 2 heterocycles. The van der Waals surface area contributed by atoms with E-state index in [-0.39, 0.29) is 75.9 Å². The number of pyridine rings is 1. The zero-order valence-electron chi connectivity index (χ0n) is 25.1. The Morgan fingerprint density at radius 2 is 1.50 bits per heavy atom. The van der Waals surface area contributed by atoms with E-state index in [1.54, 1.807) is 0 Å². The van der Waals surface area contributed by atoms with E-state index in [9.17, 15) is 24.1 Å². The summed E-state index contributed by atoms with van der Waals surface area (Å²) in [7, 11) is -2.03. The number of thiophene rings is 1. The maximum atomic E-state index is 15.5. The summed E-state index contributed by atoms with van der Waals surface area (Å²) in [5.74, 6) is -4.52. The first kappa shape index (κ1) is 34.7. The second-order valence-corrected chi connectivity index (χ2v) is 13.5. The number of carboxylic acids is 1. The summed E-state index contributed by atoms with van der Waals surface area (Å²) in [6.07, 6.45) is -1.15. The van der Waals surface area contributed by atoms with Gasteiger partial charge in [-0.2, -0.15) is 0 Å². The zero-order chi connectivity index (χ0) is 34.0. The van der Waals surface area contributed by atoms with Crippen LogP contribution in [0.3, 0.4) is 0 Å². The fourth-order valence-corrected chi connectivity index (χ4v) is 5.95. The minimum atomic E-state index is -4.62. The van der Waals surface area contributed by atoms with Crippen LogP contribution in [0.5, 0.6) is 23.0 Å². The van der Waals surface area contributed by atoms with Crippen molar-refractivity contribution < 1.29 is 61.6 Å². The van der Waals surface area contributed by atoms with E-state index >= 15 is 8.78 Å². The average Bonchev–Trinajstić information content (AvgIpc) is 3.42. The molecule has 0 atom stereocenters. The first-order valence-electron chi connectivity index (χ1n) is 13.6. The molecule has 2 aromatic carbocycles. The first-order chi connectivity index (χ1) is 21.6. The fourth-order valence-electron chi connectivity index (χ4n) is 4.39. The lowest BCUT2D eigenvalue weighted by molar-refractivity contribution is -0.146. The molecule has 0 spiro atoms. The van der Waals surface area contributed by atoms with Crippen LogP contribution in [0.2, 0.25) is 0 Å². The highest BCUT2D eigenvalue weighted by Crippen LogP contribution is 2.41. The second kappa shape index (κ2) is 13.7. The van der Waals surface area contributed by atoms with Crippen molar-refractivity contribution in [1.82, 2.24) is 4.98 Å². The molecule has 46 heavy (non-hydrogen) atoms. The highest BCUT2D eigenvalue weighted by Gasteiger charge is 2.31. The number of hydrogen-bond donors (Lipinski definition) is 3. The van der Waals surface area contributed by atoms with Gasteiger partial charge < -0.3 is 33.8 Å². The number of ketones is 2. The second-order valence-electron chi connectivity index (χ2n) is 10.8. The number of carboxylic acid groups (broad SMARTS) is 1. The minimum absolute atomic E-state index is 0.00319. The van der Waals surface area contributed by atoms with Gasteiger partial charge in [0.05, 0.1) is 43.2 Å². The van der Waals surface area contributed by atoms with Crippen LogP contribution in [-0.2, 0) is 9.36 Å². The molecule has 12 nitrogen and oxygen atoms in total. The smallest absolute Gasteiger partial charge is 0.333 e. The number of Topliss-reactive ketones (excluding diaryl/α,β-unsaturated/α-hetero) is 2. The summed E-state index contributed by atoms with van der Waals surface area (Å²) in [4.78, 5) is 58.7. The Hall–Kier alpha value is -4.17. The van der Waals surface area contributed by atoms with Gasteiger partial charge in [-0.05, 0) is 32.0 Å². The number of carbonyl (C=O) groups is 3. The summed E-state index contributed by atoms with van der Waals surface area (Å²) in [5.41, 5.74) is -1.55. The number of nitrogens with zero attached hydrogens (tertiary/aromatic N) is 1. The van der Waals surface area contributed by atoms with E-state index in [2.05, 4.69) is 4.98 Å². The number of carbonyl (C=O) groups excluding carboxylic acids is 2. The third-order valence-electron chi connectivity index (χ3n) is 6.85. The van der Waals surface area contributed by atoms with Gasteiger partial charge in [0.25, 0.3) is 0 Å². The molecule has 0 bridgehead atoms. The van der Waals surface area contributed by atoms with Gasteiger partial charge in [-0.1, -0.05) is 0 Å². The number of rotatable bonds is 15. The molecule has 16 heteroatoms. The molecule has 0 unspecified atom stereocenters.